The standard InChI is InChI=1S/C21H20BrNO3S2/c1-4-26-19-16(22)9-15(10-17(19)25-3)11-18-20(24)23(21(27)28-18)12-14-7-5-13(2)6-8-14/h5-11H,4,12H2,1-3H3/b18-11-. The van der Waals surface area contributed by atoms with Gasteiger partial charge in [-0.15, -0.1) is 0 Å². The number of hydrogen-bond donors (Lipinski definition) is 0. The lowest BCUT2D eigenvalue weighted by Gasteiger charge is -2.14. The number of methoxy groups -OCH3 is 1. The first-order chi connectivity index (χ1) is 13.4. The van der Waals surface area contributed by atoms with Gasteiger partial charge in [-0.2, -0.15) is 0 Å². The molecule has 0 N–H and O–H groups in total. The average Bonchev–Trinajstić information content (AvgIpc) is 2.92. The Labute approximate surface area is 183 Å². The Morgan fingerprint density at radius 1 is 1.25 bits per heavy atom. The second-order valence-electron chi connectivity index (χ2n) is 6.22. The lowest BCUT2D eigenvalue weighted by atomic mass is 10.1. The van der Waals surface area contributed by atoms with E-state index in [4.69, 9.17) is 21.7 Å². The fourth-order valence-corrected chi connectivity index (χ4v) is 4.60. The largest absolute Gasteiger partial charge is 0.493 e. The van der Waals surface area contributed by atoms with Crippen LogP contribution in [0.2, 0.25) is 0 Å². The molecule has 0 bridgehead atoms. The summed E-state index contributed by atoms with van der Waals surface area (Å²) in [7, 11) is 1.59. The first-order valence-electron chi connectivity index (χ1n) is 8.74. The van der Waals surface area contributed by atoms with Gasteiger partial charge >= 0.3 is 0 Å². The molecule has 28 heavy (non-hydrogen) atoms. The van der Waals surface area contributed by atoms with Gasteiger partial charge in [-0.25, -0.2) is 0 Å². The van der Waals surface area contributed by atoms with E-state index in [-0.39, 0.29) is 5.91 Å². The molecule has 1 amide bonds. The van der Waals surface area contributed by atoms with Crippen LogP contribution in [0.3, 0.4) is 0 Å². The lowest BCUT2D eigenvalue weighted by molar-refractivity contribution is -0.122. The summed E-state index contributed by atoms with van der Waals surface area (Å²) in [5.74, 6) is 1.17. The number of carbonyl (C=O) groups is 1. The number of hydrogen-bond acceptors (Lipinski definition) is 5. The number of ether oxygens (including phenoxy) is 2. The molecule has 0 unspecified atom stereocenters. The number of carbonyl (C=O) groups excluding carboxylic acids is 1. The van der Waals surface area contributed by atoms with Gasteiger partial charge in [-0.05, 0) is 59.1 Å². The zero-order valence-corrected chi connectivity index (χ0v) is 19.0. The number of rotatable bonds is 6. The number of halogens is 1. The van der Waals surface area contributed by atoms with Crippen molar-refractivity contribution in [3.63, 3.8) is 0 Å². The average molecular weight is 478 g/mol. The number of thiocarbonyl (C=S) groups is 1. The molecule has 1 saturated heterocycles. The molecule has 0 aliphatic carbocycles. The van der Waals surface area contributed by atoms with Gasteiger partial charge in [0.1, 0.15) is 4.32 Å². The van der Waals surface area contributed by atoms with Crippen molar-refractivity contribution >= 4 is 56.2 Å². The fraction of sp³-hybridized carbons (Fsp3) is 0.238. The van der Waals surface area contributed by atoms with E-state index >= 15 is 0 Å². The van der Waals surface area contributed by atoms with E-state index in [9.17, 15) is 4.79 Å². The van der Waals surface area contributed by atoms with Crippen LogP contribution in [0.15, 0.2) is 45.8 Å². The molecule has 3 rings (SSSR count). The molecule has 146 valence electrons. The maximum atomic E-state index is 12.9. The fourth-order valence-electron chi connectivity index (χ4n) is 2.77. The Morgan fingerprint density at radius 2 is 1.96 bits per heavy atom. The Bertz CT molecular complexity index is 941. The van der Waals surface area contributed by atoms with Crippen molar-refractivity contribution in [2.24, 2.45) is 0 Å². The van der Waals surface area contributed by atoms with Crippen LogP contribution in [0.25, 0.3) is 6.08 Å². The van der Waals surface area contributed by atoms with Gasteiger partial charge in [0.15, 0.2) is 11.5 Å². The molecule has 7 heteroatoms. The highest BCUT2D eigenvalue weighted by Gasteiger charge is 2.32. The first-order valence-corrected chi connectivity index (χ1v) is 10.8. The molecule has 0 saturated carbocycles. The quantitative estimate of drug-likeness (QED) is 0.401. The molecule has 2 aromatic rings. The van der Waals surface area contributed by atoms with Gasteiger partial charge in [0.2, 0.25) is 0 Å². The van der Waals surface area contributed by atoms with Crippen LogP contribution in [0, 0.1) is 6.92 Å². The van der Waals surface area contributed by atoms with Gasteiger partial charge < -0.3 is 9.47 Å². The normalized spacial score (nSPS) is 15.4. The van der Waals surface area contributed by atoms with Crippen molar-refractivity contribution in [3.05, 3.63) is 62.5 Å². The van der Waals surface area contributed by atoms with Crippen molar-refractivity contribution in [2.45, 2.75) is 20.4 Å². The minimum Gasteiger partial charge on any atom is -0.493 e. The van der Waals surface area contributed by atoms with Gasteiger partial charge in [0, 0.05) is 0 Å². The maximum Gasteiger partial charge on any atom is 0.266 e. The summed E-state index contributed by atoms with van der Waals surface area (Å²) in [4.78, 5) is 15.1. The SMILES string of the molecule is CCOc1c(Br)cc(/C=C2\SC(=S)N(Cc3ccc(C)cc3)C2=O)cc1OC. The van der Waals surface area contributed by atoms with Crippen LogP contribution in [0.5, 0.6) is 11.5 Å². The summed E-state index contributed by atoms with van der Waals surface area (Å²) >= 11 is 10.3. The maximum absolute atomic E-state index is 12.9. The molecule has 1 aliphatic rings. The van der Waals surface area contributed by atoms with E-state index in [1.807, 2.05) is 56.3 Å². The number of amides is 1. The van der Waals surface area contributed by atoms with Gasteiger partial charge in [-0.1, -0.05) is 53.8 Å². The van der Waals surface area contributed by atoms with Gasteiger partial charge in [0.25, 0.3) is 5.91 Å². The Morgan fingerprint density at radius 3 is 2.61 bits per heavy atom. The van der Waals surface area contributed by atoms with Crippen LogP contribution in [0.1, 0.15) is 23.6 Å². The molecular weight excluding hydrogens is 458 g/mol. The summed E-state index contributed by atoms with van der Waals surface area (Å²) in [6.45, 7) is 4.96. The molecule has 4 nitrogen and oxygen atoms in total. The molecule has 2 aromatic carbocycles. The Kier molecular flexibility index (Phi) is 6.80. The third-order valence-electron chi connectivity index (χ3n) is 4.17. The topological polar surface area (TPSA) is 38.8 Å². The van der Waals surface area contributed by atoms with Crippen molar-refractivity contribution < 1.29 is 14.3 Å². The molecule has 0 radical (unpaired) electrons. The molecule has 0 aromatic heterocycles. The minimum atomic E-state index is -0.0838. The zero-order chi connectivity index (χ0) is 20.3. The first kappa shape index (κ1) is 20.9. The van der Waals surface area contributed by atoms with E-state index in [1.165, 1.54) is 17.3 Å². The smallest absolute Gasteiger partial charge is 0.266 e. The number of benzene rings is 2. The van der Waals surface area contributed by atoms with E-state index in [2.05, 4.69) is 15.9 Å². The van der Waals surface area contributed by atoms with Crippen LogP contribution >= 0.6 is 39.9 Å². The summed E-state index contributed by atoms with van der Waals surface area (Å²) in [5.41, 5.74) is 3.07. The van der Waals surface area contributed by atoms with E-state index in [0.29, 0.717) is 33.9 Å². The van der Waals surface area contributed by atoms with E-state index in [0.717, 1.165) is 15.6 Å². The lowest BCUT2D eigenvalue weighted by Crippen LogP contribution is -2.27. The molecule has 1 fully saturated rings. The Hall–Kier alpha value is -1.83. The van der Waals surface area contributed by atoms with Crippen molar-refractivity contribution in [2.75, 3.05) is 13.7 Å². The predicted molar refractivity (Wildman–Crippen MR) is 122 cm³/mol. The predicted octanol–water partition coefficient (Wildman–Crippen LogP) is 5.57. The zero-order valence-electron chi connectivity index (χ0n) is 15.8. The van der Waals surface area contributed by atoms with Crippen molar-refractivity contribution in [1.29, 1.82) is 0 Å². The summed E-state index contributed by atoms with van der Waals surface area (Å²) in [5, 5.41) is 0. The van der Waals surface area contributed by atoms with Crippen molar-refractivity contribution in [3.8, 4) is 11.5 Å². The van der Waals surface area contributed by atoms with Crippen LogP contribution in [-0.4, -0.2) is 28.8 Å². The van der Waals surface area contributed by atoms with Gasteiger partial charge in [0.05, 0.1) is 29.6 Å². The van der Waals surface area contributed by atoms with Crippen molar-refractivity contribution in [1.82, 2.24) is 4.90 Å². The van der Waals surface area contributed by atoms with E-state index in [1.54, 1.807) is 12.0 Å². The summed E-state index contributed by atoms with van der Waals surface area (Å²) < 4.78 is 12.4. The third-order valence-corrected chi connectivity index (χ3v) is 6.14. The second-order valence-corrected chi connectivity index (χ2v) is 8.75. The van der Waals surface area contributed by atoms with Crippen LogP contribution in [-0.2, 0) is 11.3 Å². The number of thioether (sulfide) groups is 1. The highest BCUT2D eigenvalue weighted by Crippen LogP contribution is 2.39. The molecule has 0 atom stereocenters. The molecule has 1 heterocycles. The summed E-state index contributed by atoms with van der Waals surface area (Å²) in [6.07, 6.45) is 1.83. The van der Waals surface area contributed by atoms with Crippen LogP contribution < -0.4 is 9.47 Å². The third kappa shape index (κ3) is 4.59. The molecule has 1 aliphatic heterocycles. The summed E-state index contributed by atoms with van der Waals surface area (Å²) in [6, 6.07) is 11.9. The molecule has 0 spiro atoms. The highest BCUT2D eigenvalue weighted by molar-refractivity contribution is 9.10. The number of aryl methyl sites for hydroxylation is 1. The molecular formula is C21H20BrNO3S2. The van der Waals surface area contributed by atoms with E-state index < -0.39 is 0 Å². The minimum absolute atomic E-state index is 0.0838. The van der Waals surface area contributed by atoms with Gasteiger partial charge in [-0.3, -0.25) is 9.69 Å². The number of nitrogens with zero attached hydrogens (tertiary/aromatic N) is 1. The monoisotopic (exact) mass is 477 g/mol. The van der Waals surface area contributed by atoms with Crippen LogP contribution in [0.4, 0.5) is 0 Å². The highest BCUT2D eigenvalue weighted by atomic mass is 79.9. The Balaban J connectivity index is 1.85. The second kappa shape index (κ2) is 9.11.